The van der Waals surface area contributed by atoms with Crippen LogP contribution in [0.5, 0.6) is 0 Å². The summed E-state index contributed by atoms with van der Waals surface area (Å²) >= 11 is 4.37. The molecular weight excluding hydrogens is 380 g/mol. The highest BCUT2D eigenvalue weighted by Crippen LogP contribution is 2.31. The smallest absolute Gasteiger partial charge is 0.254 e. The molecule has 0 spiro atoms. The monoisotopic (exact) mass is 396 g/mol. The van der Waals surface area contributed by atoms with Crippen molar-refractivity contribution in [1.29, 1.82) is 0 Å². The van der Waals surface area contributed by atoms with Gasteiger partial charge >= 0.3 is 0 Å². The summed E-state index contributed by atoms with van der Waals surface area (Å²) in [5, 5.41) is 4.43. The summed E-state index contributed by atoms with van der Waals surface area (Å²) in [6.07, 6.45) is 0.794. The number of morpholine rings is 1. The van der Waals surface area contributed by atoms with Crippen molar-refractivity contribution in [1.82, 2.24) is 9.62 Å². The van der Waals surface area contributed by atoms with E-state index in [0.717, 1.165) is 17.8 Å². The third kappa shape index (κ3) is 3.65. The lowest BCUT2D eigenvalue weighted by Crippen LogP contribution is -2.55. The summed E-state index contributed by atoms with van der Waals surface area (Å²) in [5.74, 6) is -0.312. The third-order valence-electron chi connectivity index (χ3n) is 3.06. The predicted octanol–water partition coefficient (Wildman–Crippen LogP) is 1.43. The van der Waals surface area contributed by atoms with Crippen LogP contribution < -0.4 is 5.32 Å². The Balaban J connectivity index is 2.26. The fourth-order valence-electron chi connectivity index (χ4n) is 2.02. The summed E-state index contributed by atoms with van der Waals surface area (Å²) in [5.41, 5.74) is 0. The Morgan fingerprint density at radius 2 is 2.38 bits per heavy atom. The van der Waals surface area contributed by atoms with Crippen LogP contribution in [0.3, 0.4) is 0 Å². The zero-order valence-corrected chi connectivity index (χ0v) is 14.8. The third-order valence-corrected chi connectivity index (χ3v) is 7.61. The number of carbonyl (C=O) groups excluding carboxylic acids is 1. The van der Waals surface area contributed by atoms with Gasteiger partial charge in [-0.2, -0.15) is 4.31 Å². The van der Waals surface area contributed by atoms with E-state index in [2.05, 4.69) is 21.2 Å². The molecule has 2 heterocycles. The molecule has 1 aromatic rings. The van der Waals surface area contributed by atoms with Crippen molar-refractivity contribution in [3.63, 3.8) is 0 Å². The largest absolute Gasteiger partial charge is 0.378 e. The van der Waals surface area contributed by atoms with Gasteiger partial charge < -0.3 is 10.1 Å². The number of carbonyl (C=O) groups is 1. The van der Waals surface area contributed by atoms with Gasteiger partial charge in [0.25, 0.3) is 10.0 Å². The van der Waals surface area contributed by atoms with Crippen LogP contribution in [0, 0.1) is 0 Å². The van der Waals surface area contributed by atoms with Crippen LogP contribution in [0.25, 0.3) is 0 Å². The summed E-state index contributed by atoms with van der Waals surface area (Å²) in [6.45, 7) is 3.01. The molecule has 0 aromatic carbocycles. The number of rotatable bonds is 5. The number of hydrogen-bond donors (Lipinski definition) is 1. The van der Waals surface area contributed by atoms with Gasteiger partial charge in [-0.3, -0.25) is 4.79 Å². The highest BCUT2D eigenvalue weighted by molar-refractivity contribution is 9.10. The molecule has 0 bridgehead atoms. The minimum absolute atomic E-state index is 0.0811. The van der Waals surface area contributed by atoms with Crippen LogP contribution in [0.2, 0.25) is 0 Å². The molecule has 1 unspecified atom stereocenters. The second-order valence-corrected chi connectivity index (χ2v) is 8.41. The summed E-state index contributed by atoms with van der Waals surface area (Å²) < 4.78 is 32.7. The number of sulfonamides is 1. The molecule has 1 amide bonds. The van der Waals surface area contributed by atoms with Gasteiger partial charge in [0, 0.05) is 17.6 Å². The molecule has 118 valence electrons. The molecule has 1 atom stereocenters. The molecule has 1 aliphatic heterocycles. The van der Waals surface area contributed by atoms with E-state index in [1.54, 1.807) is 11.4 Å². The molecule has 2 rings (SSSR count). The lowest BCUT2D eigenvalue weighted by Gasteiger charge is -2.33. The minimum Gasteiger partial charge on any atom is -0.378 e. The Morgan fingerprint density at radius 3 is 3.00 bits per heavy atom. The first-order valence-electron chi connectivity index (χ1n) is 6.58. The first-order valence-corrected chi connectivity index (χ1v) is 9.70. The van der Waals surface area contributed by atoms with Crippen LogP contribution in [0.15, 0.2) is 20.1 Å². The zero-order chi connectivity index (χ0) is 15.5. The Labute approximate surface area is 136 Å². The fraction of sp³-hybridized carbons (Fsp3) is 0.583. The highest BCUT2D eigenvalue weighted by atomic mass is 79.9. The predicted molar refractivity (Wildman–Crippen MR) is 83.8 cm³/mol. The van der Waals surface area contributed by atoms with Gasteiger partial charge in [0.15, 0.2) is 0 Å². The molecule has 1 aliphatic rings. The van der Waals surface area contributed by atoms with Crippen molar-refractivity contribution in [2.75, 3.05) is 26.3 Å². The van der Waals surface area contributed by atoms with Crippen molar-refractivity contribution in [3.05, 3.63) is 15.9 Å². The topological polar surface area (TPSA) is 75.7 Å². The first-order chi connectivity index (χ1) is 9.98. The standard InChI is InChI=1S/C12H17BrN2O4S2/c1-2-4-14-11(16)10-8-19-6-5-15(10)21(17,18)12-9(13)3-7-20-12/h3,7,10H,2,4-6,8H2,1H3,(H,14,16). The van der Waals surface area contributed by atoms with Crippen LogP contribution >= 0.6 is 27.3 Å². The molecule has 0 aliphatic carbocycles. The molecule has 1 aromatic heterocycles. The second kappa shape index (κ2) is 7.19. The zero-order valence-electron chi connectivity index (χ0n) is 11.5. The average molecular weight is 397 g/mol. The maximum Gasteiger partial charge on any atom is 0.254 e. The number of nitrogens with zero attached hydrogens (tertiary/aromatic N) is 1. The maximum atomic E-state index is 12.7. The summed E-state index contributed by atoms with van der Waals surface area (Å²) in [4.78, 5) is 12.2. The minimum atomic E-state index is -3.70. The lowest BCUT2D eigenvalue weighted by atomic mass is 10.2. The van der Waals surface area contributed by atoms with Crippen molar-refractivity contribution < 1.29 is 17.9 Å². The van der Waals surface area contributed by atoms with Crippen LogP contribution in [-0.2, 0) is 19.6 Å². The Bertz CT molecular complexity index is 602. The quantitative estimate of drug-likeness (QED) is 0.816. The number of thiophene rings is 1. The van der Waals surface area contributed by atoms with E-state index in [4.69, 9.17) is 4.74 Å². The van der Waals surface area contributed by atoms with Crippen LogP contribution in [-0.4, -0.2) is 51.0 Å². The average Bonchev–Trinajstić information content (AvgIpc) is 2.91. The van der Waals surface area contributed by atoms with Crippen LogP contribution in [0.1, 0.15) is 13.3 Å². The highest BCUT2D eigenvalue weighted by Gasteiger charge is 2.39. The molecule has 21 heavy (non-hydrogen) atoms. The molecule has 0 saturated carbocycles. The molecule has 9 heteroatoms. The van der Waals surface area contributed by atoms with Crippen molar-refractivity contribution in [3.8, 4) is 0 Å². The number of hydrogen-bond acceptors (Lipinski definition) is 5. The van der Waals surface area contributed by atoms with E-state index in [9.17, 15) is 13.2 Å². The van der Waals surface area contributed by atoms with Crippen molar-refractivity contribution >= 4 is 43.2 Å². The van der Waals surface area contributed by atoms with E-state index in [0.29, 0.717) is 17.6 Å². The lowest BCUT2D eigenvalue weighted by molar-refractivity contribution is -0.129. The van der Waals surface area contributed by atoms with E-state index >= 15 is 0 Å². The van der Waals surface area contributed by atoms with E-state index in [1.807, 2.05) is 6.92 Å². The van der Waals surface area contributed by atoms with Gasteiger partial charge in [-0.25, -0.2) is 8.42 Å². The summed E-state index contributed by atoms with van der Waals surface area (Å²) in [7, 11) is -3.70. The Kier molecular flexibility index (Phi) is 5.78. The van der Waals surface area contributed by atoms with Crippen molar-refractivity contribution in [2.24, 2.45) is 0 Å². The number of amides is 1. The van der Waals surface area contributed by atoms with Gasteiger partial charge in [0.05, 0.1) is 13.2 Å². The summed E-state index contributed by atoms with van der Waals surface area (Å²) in [6, 6.07) is 0.869. The van der Waals surface area contributed by atoms with Gasteiger partial charge in [-0.1, -0.05) is 6.92 Å². The molecule has 1 N–H and O–H groups in total. The molecule has 1 saturated heterocycles. The fourth-order valence-corrected chi connectivity index (χ4v) is 6.00. The number of ether oxygens (including phenoxy) is 1. The Hall–Kier alpha value is -0.480. The van der Waals surface area contributed by atoms with E-state index in [1.165, 1.54) is 4.31 Å². The van der Waals surface area contributed by atoms with Gasteiger partial charge in [-0.15, -0.1) is 11.3 Å². The molecule has 1 fully saturated rings. The maximum absolute atomic E-state index is 12.7. The number of halogens is 1. The molecular formula is C12H17BrN2O4S2. The van der Waals surface area contributed by atoms with E-state index < -0.39 is 16.1 Å². The van der Waals surface area contributed by atoms with Gasteiger partial charge in [-0.05, 0) is 33.8 Å². The van der Waals surface area contributed by atoms with Crippen molar-refractivity contribution in [2.45, 2.75) is 23.6 Å². The van der Waals surface area contributed by atoms with Gasteiger partial charge in [0.2, 0.25) is 5.91 Å². The second-order valence-electron chi connectivity index (χ2n) is 4.55. The number of nitrogens with one attached hydrogen (secondary N) is 1. The van der Waals surface area contributed by atoms with Crippen LogP contribution in [0.4, 0.5) is 0 Å². The Morgan fingerprint density at radius 1 is 1.62 bits per heavy atom. The van der Waals surface area contributed by atoms with Gasteiger partial charge in [0.1, 0.15) is 10.3 Å². The first kappa shape index (κ1) is 16.9. The normalized spacial score (nSPS) is 20.4. The van der Waals surface area contributed by atoms with E-state index in [-0.39, 0.29) is 23.3 Å². The SMILES string of the molecule is CCCNC(=O)C1COCCN1S(=O)(=O)c1sccc1Br. The molecule has 0 radical (unpaired) electrons. The molecule has 6 nitrogen and oxygen atoms in total.